The van der Waals surface area contributed by atoms with Crippen molar-refractivity contribution in [3.05, 3.63) is 35.9 Å². The van der Waals surface area contributed by atoms with Gasteiger partial charge < -0.3 is 18.8 Å². The summed E-state index contributed by atoms with van der Waals surface area (Å²) < 4.78 is 10.4. The summed E-state index contributed by atoms with van der Waals surface area (Å²) >= 11 is 0. The number of nitrogens with zero attached hydrogens (tertiary/aromatic N) is 4. The van der Waals surface area contributed by atoms with Crippen LogP contribution in [0.4, 0.5) is 0 Å². The predicted molar refractivity (Wildman–Crippen MR) is 88.5 cm³/mol. The number of amides is 1. The fraction of sp³-hybridized carbons (Fsp3) is 0.588. The van der Waals surface area contributed by atoms with Crippen LogP contribution in [0.25, 0.3) is 0 Å². The Kier molecular flexibility index (Phi) is 5.50. The van der Waals surface area contributed by atoms with E-state index < -0.39 is 6.10 Å². The van der Waals surface area contributed by atoms with Gasteiger partial charge in [0, 0.05) is 26.4 Å². The number of likely N-dealkylation sites (N-methyl/N-ethyl adjacent to an activating group) is 1. The Bertz CT molecular complexity index is 685. The van der Waals surface area contributed by atoms with Crippen molar-refractivity contribution in [1.82, 2.24) is 20.0 Å². The molecule has 0 aliphatic carbocycles. The average molecular weight is 348 g/mol. The molecular formula is C17H24N4O4. The number of carbonyl (C=O) groups is 1. The molecule has 3 heterocycles. The van der Waals surface area contributed by atoms with Crippen molar-refractivity contribution in [3.8, 4) is 0 Å². The molecule has 8 nitrogen and oxygen atoms in total. The number of β-amino-alcohol motifs (C(OH)–C–C–N with tert-alkyl or cyclic N) is 1. The highest BCUT2D eigenvalue weighted by Gasteiger charge is 2.37. The van der Waals surface area contributed by atoms with E-state index >= 15 is 0 Å². The lowest BCUT2D eigenvalue weighted by Gasteiger charge is -2.27. The molecule has 3 rings (SSSR count). The Morgan fingerprint density at radius 3 is 2.92 bits per heavy atom. The molecule has 2 atom stereocenters. The summed E-state index contributed by atoms with van der Waals surface area (Å²) in [6.07, 6.45) is 3.73. The van der Waals surface area contributed by atoms with Gasteiger partial charge in [0.2, 0.25) is 17.7 Å². The molecule has 0 bridgehead atoms. The summed E-state index contributed by atoms with van der Waals surface area (Å²) in [5.41, 5.74) is 1.01. The van der Waals surface area contributed by atoms with Crippen molar-refractivity contribution in [1.29, 1.82) is 0 Å². The maximum atomic E-state index is 12.4. The van der Waals surface area contributed by atoms with Gasteiger partial charge >= 0.3 is 0 Å². The van der Waals surface area contributed by atoms with Crippen molar-refractivity contribution >= 4 is 5.91 Å². The van der Waals surface area contributed by atoms with E-state index in [4.69, 9.17) is 8.83 Å². The molecule has 25 heavy (non-hydrogen) atoms. The molecule has 0 aromatic carbocycles. The Balaban J connectivity index is 1.56. The Hall–Kier alpha value is -2.19. The van der Waals surface area contributed by atoms with E-state index in [1.807, 2.05) is 13.0 Å². The highest BCUT2D eigenvalue weighted by molar-refractivity contribution is 5.77. The number of aliphatic hydroxyl groups is 1. The molecule has 1 fully saturated rings. The van der Waals surface area contributed by atoms with Gasteiger partial charge in [-0.3, -0.25) is 9.69 Å². The van der Waals surface area contributed by atoms with Crippen LogP contribution < -0.4 is 0 Å². The van der Waals surface area contributed by atoms with Gasteiger partial charge in [0.25, 0.3) is 0 Å². The van der Waals surface area contributed by atoms with Gasteiger partial charge in [-0.1, -0.05) is 6.92 Å². The number of hydrogen-bond donors (Lipinski definition) is 1. The quantitative estimate of drug-likeness (QED) is 0.797. The van der Waals surface area contributed by atoms with Crippen LogP contribution >= 0.6 is 0 Å². The lowest BCUT2D eigenvalue weighted by Crippen LogP contribution is -2.43. The summed E-state index contributed by atoms with van der Waals surface area (Å²) in [6, 6.07) is 1.73. The van der Waals surface area contributed by atoms with Crippen molar-refractivity contribution in [3.63, 3.8) is 0 Å². The second-order valence-corrected chi connectivity index (χ2v) is 6.34. The van der Waals surface area contributed by atoms with Gasteiger partial charge in [-0.15, -0.1) is 10.2 Å². The molecule has 0 unspecified atom stereocenters. The van der Waals surface area contributed by atoms with Gasteiger partial charge in [-0.25, -0.2) is 0 Å². The first kappa shape index (κ1) is 17.6. The molecule has 0 spiro atoms. The zero-order valence-electron chi connectivity index (χ0n) is 14.6. The largest absolute Gasteiger partial charge is 0.472 e. The van der Waals surface area contributed by atoms with Crippen molar-refractivity contribution in [2.75, 3.05) is 19.6 Å². The molecule has 1 aliphatic heterocycles. The van der Waals surface area contributed by atoms with E-state index in [1.165, 1.54) is 0 Å². The van der Waals surface area contributed by atoms with Gasteiger partial charge in [-0.05, 0) is 24.6 Å². The standard InChI is InChI=1S/C17H24N4O4/c1-3-20(10-16-19-18-12(2)25-16)14-8-21(9-15(14)22)17(23)5-4-13-6-7-24-11-13/h6-7,11,14-15,22H,3-5,8-10H2,1-2H3/t14-,15-/m1/s1. The Morgan fingerprint density at radius 2 is 2.28 bits per heavy atom. The van der Waals surface area contributed by atoms with E-state index in [-0.39, 0.29) is 11.9 Å². The monoisotopic (exact) mass is 348 g/mol. The molecule has 1 saturated heterocycles. The highest BCUT2D eigenvalue weighted by Crippen LogP contribution is 2.20. The fourth-order valence-corrected chi connectivity index (χ4v) is 3.21. The Labute approximate surface area is 146 Å². The minimum absolute atomic E-state index is 0.0486. The van der Waals surface area contributed by atoms with Crippen LogP contribution in [0.2, 0.25) is 0 Å². The first-order chi connectivity index (χ1) is 12.1. The topological polar surface area (TPSA) is 95.8 Å². The number of aliphatic hydroxyl groups excluding tert-OH is 1. The Morgan fingerprint density at radius 1 is 1.44 bits per heavy atom. The third-order valence-corrected chi connectivity index (χ3v) is 4.60. The minimum atomic E-state index is -0.582. The van der Waals surface area contributed by atoms with Crippen LogP contribution in [-0.4, -0.2) is 62.8 Å². The van der Waals surface area contributed by atoms with Crippen LogP contribution in [0, 0.1) is 6.92 Å². The summed E-state index contributed by atoms with van der Waals surface area (Å²) in [6.45, 7) is 5.81. The van der Waals surface area contributed by atoms with Crippen LogP contribution in [0.1, 0.15) is 30.7 Å². The summed E-state index contributed by atoms with van der Waals surface area (Å²) in [4.78, 5) is 16.2. The minimum Gasteiger partial charge on any atom is -0.472 e. The molecule has 8 heteroatoms. The third-order valence-electron chi connectivity index (χ3n) is 4.60. The van der Waals surface area contributed by atoms with Crippen LogP contribution in [0.5, 0.6) is 0 Å². The number of carbonyl (C=O) groups excluding carboxylic acids is 1. The van der Waals surface area contributed by atoms with Crippen molar-refractivity contribution in [2.24, 2.45) is 0 Å². The van der Waals surface area contributed by atoms with E-state index in [1.54, 1.807) is 24.3 Å². The normalized spacial score (nSPS) is 20.6. The second-order valence-electron chi connectivity index (χ2n) is 6.34. The van der Waals surface area contributed by atoms with Crippen LogP contribution in [0.15, 0.2) is 27.4 Å². The van der Waals surface area contributed by atoms with Gasteiger partial charge in [0.1, 0.15) is 0 Å². The number of likely N-dealkylation sites (tertiary alicyclic amines) is 1. The van der Waals surface area contributed by atoms with Gasteiger partial charge in [-0.2, -0.15) is 0 Å². The molecule has 1 aliphatic rings. The van der Waals surface area contributed by atoms with Gasteiger partial charge in [0.05, 0.1) is 31.2 Å². The smallest absolute Gasteiger partial charge is 0.230 e. The first-order valence-electron chi connectivity index (χ1n) is 8.56. The van der Waals surface area contributed by atoms with E-state index in [0.717, 1.165) is 12.1 Å². The van der Waals surface area contributed by atoms with Crippen molar-refractivity contribution in [2.45, 2.75) is 45.4 Å². The molecule has 1 N–H and O–H groups in total. The lowest BCUT2D eigenvalue weighted by molar-refractivity contribution is -0.130. The molecule has 2 aromatic rings. The second kappa shape index (κ2) is 7.79. The number of aryl methyl sites for hydroxylation is 2. The summed E-state index contributed by atoms with van der Waals surface area (Å²) in [7, 11) is 0. The zero-order valence-corrected chi connectivity index (χ0v) is 14.6. The highest BCUT2D eigenvalue weighted by atomic mass is 16.4. The zero-order chi connectivity index (χ0) is 17.8. The maximum absolute atomic E-state index is 12.4. The lowest BCUT2D eigenvalue weighted by atomic mass is 10.2. The van der Waals surface area contributed by atoms with E-state index in [9.17, 15) is 9.90 Å². The maximum Gasteiger partial charge on any atom is 0.230 e. The third kappa shape index (κ3) is 4.26. The van der Waals surface area contributed by atoms with E-state index in [0.29, 0.717) is 44.3 Å². The van der Waals surface area contributed by atoms with Crippen LogP contribution in [0.3, 0.4) is 0 Å². The number of hydrogen-bond acceptors (Lipinski definition) is 7. The van der Waals surface area contributed by atoms with E-state index in [2.05, 4.69) is 15.1 Å². The molecular weight excluding hydrogens is 324 g/mol. The molecule has 0 radical (unpaired) electrons. The number of rotatable bonds is 7. The number of aromatic nitrogens is 2. The summed E-state index contributed by atoms with van der Waals surface area (Å²) in [5.74, 6) is 1.10. The predicted octanol–water partition coefficient (Wildman–Crippen LogP) is 0.997. The number of furan rings is 1. The summed E-state index contributed by atoms with van der Waals surface area (Å²) in [5, 5.41) is 18.3. The SMILES string of the molecule is CCN(Cc1nnc(C)o1)[C@@H]1CN(C(=O)CCc2ccoc2)C[C@H]1O. The van der Waals surface area contributed by atoms with Crippen molar-refractivity contribution < 1.29 is 18.7 Å². The molecule has 1 amide bonds. The molecule has 2 aromatic heterocycles. The first-order valence-corrected chi connectivity index (χ1v) is 8.56. The van der Waals surface area contributed by atoms with Gasteiger partial charge in [0.15, 0.2) is 0 Å². The van der Waals surface area contributed by atoms with Crippen LogP contribution in [-0.2, 0) is 17.8 Å². The molecule has 0 saturated carbocycles. The molecule has 136 valence electrons. The average Bonchev–Trinajstić information content (AvgIpc) is 3.32. The fourth-order valence-electron chi connectivity index (χ4n) is 3.21.